The fourth-order valence-corrected chi connectivity index (χ4v) is 3.33. The Morgan fingerprint density at radius 3 is 2.28 bits per heavy atom. The molecule has 0 aliphatic carbocycles. The average molecular weight is 488 g/mol. The van der Waals surface area contributed by atoms with Crippen molar-refractivity contribution in [2.45, 2.75) is 6.42 Å². The summed E-state index contributed by atoms with van der Waals surface area (Å²) in [7, 11) is 0. The van der Waals surface area contributed by atoms with Crippen molar-refractivity contribution < 1.29 is 14.3 Å². The SMILES string of the molecule is O=C(NC(=S)NNC(=O)c1ccc(Cl)cc1Cl)c1ccc(OCCc2ccccc2)cc1. The van der Waals surface area contributed by atoms with E-state index in [4.69, 9.17) is 40.2 Å². The first-order chi connectivity index (χ1) is 15.4. The van der Waals surface area contributed by atoms with Gasteiger partial charge in [-0.3, -0.25) is 25.8 Å². The van der Waals surface area contributed by atoms with Crippen LogP contribution in [0.4, 0.5) is 0 Å². The number of rotatable bonds is 6. The normalized spacial score (nSPS) is 10.2. The fourth-order valence-electron chi connectivity index (χ4n) is 2.69. The van der Waals surface area contributed by atoms with E-state index in [0.717, 1.165) is 6.42 Å². The summed E-state index contributed by atoms with van der Waals surface area (Å²) in [6.45, 7) is 0.529. The van der Waals surface area contributed by atoms with Crippen LogP contribution < -0.4 is 20.9 Å². The maximum absolute atomic E-state index is 12.3. The van der Waals surface area contributed by atoms with E-state index in [1.165, 1.54) is 23.8 Å². The van der Waals surface area contributed by atoms with Gasteiger partial charge in [0.15, 0.2) is 5.11 Å². The Morgan fingerprint density at radius 2 is 1.59 bits per heavy atom. The molecule has 0 aliphatic heterocycles. The summed E-state index contributed by atoms with van der Waals surface area (Å²) in [6.07, 6.45) is 0.788. The van der Waals surface area contributed by atoms with Gasteiger partial charge in [-0.1, -0.05) is 53.5 Å². The van der Waals surface area contributed by atoms with Crippen LogP contribution in [0.25, 0.3) is 0 Å². The molecule has 0 heterocycles. The molecule has 3 N–H and O–H groups in total. The van der Waals surface area contributed by atoms with Gasteiger partial charge >= 0.3 is 0 Å². The lowest BCUT2D eigenvalue weighted by Gasteiger charge is -2.12. The molecule has 3 aromatic carbocycles. The van der Waals surface area contributed by atoms with Crippen molar-refractivity contribution in [2.24, 2.45) is 0 Å². The van der Waals surface area contributed by atoms with E-state index in [9.17, 15) is 9.59 Å². The number of hydrogen-bond acceptors (Lipinski definition) is 4. The van der Waals surface area contributed by atoms with E-state index in [-0.39, 0.29) is 15.7 Å². The zero-order valence-corrected chi connectivity index (χ0v) is 19.1. The highest BCUT2D eigenvalue weighted by Crippen LogP contribution is 2.20. The summed E-state index contributed by atoms with van der Waals surface area (Å²) in [5.41, 5.74) is 6.62. The van der Waals surface area contributed by atoms with Gasteiger partial charge in [0.25, 0.3) is 11.8 Å². The van der Waals surface area contributed by atoms with E-state index in [1.54, 1.807) is 24.3 Å². The molecular weight excluding hydrogens is 469 g/mol. The molecule has 6 nitrogen and oxygen atoms in total. The standard InChI is InChI=1S/C23H19Cl2N3O3S/c24-17-8-11-19(20(25)14-17)22(30)27-28-23(32)26-21(29)16-6-9-18(10-7-16)31-13-12-15-4-2-1-3-5-15/h1-11,14H,12-13H2,(H,27,30)(H2,26,28,29,32). The van der Waals surface area contributed by atoms with Crippen LogP contribution in [-0.2, 0) is 6.42 Å². The Balaban J connectivity index is 1.44. The van der Waals surface area contributed by atoms with Crippen LogP contribution in [0.15, 0.2) is 72.8 Å². The molecule has 3 aromatic rings. The minimum Gasteiger partial charge on any atom is -0.493 e. The van der Waals surface area contributed by atoms with Crippen LogP contribution in [0.5, 0.6) is 5.75 Å². The van der Waals surface area contributed by atoms with Crippen molar-refractivity contribution in [3.05, 3.63) is 99.5 Å². The molecule has 164 valence electrons. The molecule has 0 unspecified atom stereocenters. The largest absolute Gasteiger partial charge is 0.493 e. The van der Waals surface area contributed by atoms with Gasteiger partial charge in [0.2, 0.25) is 0 Å². The van der Waals surface area contributed by atoms with E-state index < -0.39 is 11.8 Å². The fraction of sp³-hybridized carbons (Fsp3) is 0.0870. The van der Waals surface area contributed by atoms with Gasteiger partial charge in [-0.05, 0) is 60.2 Å². The van der Waals surface area contributed by atoms with Crippen molar-refractivity contribution in [3.8, 4) is 5.75 Å². The number of amides is 2. The molecule has 0 radical (unpaired) electrons. The number of ether oxygens (including phenoxy) is 1. The first kappa shape index (κ1) is 23.5. The van der Waals surface area contributed by atoms with Crippen molar-refractivity contribution in [3.63, 3.8) is 0 Å². The average Bonchev–Trinajstić information content (AvgIpc) is 2.78. The minimum atomic E-state index is -0.528. The Labute approximate surface area is 200 Å². The van der Waals surface area contributed by atoms with E-state index >= 15 is 0 Å². The molecule has 0 saturated carbocycles. The van der Waals surface area contributed by atoms with Gasteiger partial charge in [-0.15, -0.1) is 0 Å². The van der Waals surface area contributed by atoms with Crippen LogP contribution in [0.3, 0.4) is 0 Å². The van der Waals surface area contributed by atoms with Gasteiger partial charge in [0, 0.05) is 17.0 Å². The zero-order chi connectivity index (χ0) is 22.9. The summed E-state index contributed by atoms with van der Waals surface area (Å²) < 4.78 is 5.71. The lowest BCUT2D eigenvalue weighted by molar-refractivity contribution is 0.0934. The van der Waals surface area contributed by atoms with Gasteiger partial charge in [0.1, 0.15) is 5.75 Å². The summed E-state index contributed by atoms with van der Waals surface area (Å²) in [6, 6.07) is 21.2. The van der Waals surface area contributed by atoms with Crippen LogP contribution in [-0.4, -0.2) is 23.5 Å². The quantitative estimate of drug-likeness (QED) is 0.350. The monoisotopic (exact) mass is 487 g/mol. The Hall–Kier alpha value is -3.13. The first-order valence-electron chi connectivity index (χ1n) is 9.56. The second-order valence-electron chi connectivity index (χ2n) is 6.59. The van der Waals surface area contributed by atoms with Crippen molar-refractivity contribution >= 4 is 52.3 Å². The van der Waals surface area contributed by atoms with Gasteiger partial charge in [-0.25, -0.2) is 0 Å². The highest BCUT2D eigenvalue weighted by Gasteiger charge is 2.12. The van der Waals surface area contributed by atoms with Crippen LogP contribution in [0, 0.1) is 0 Å². The molecule has 32 heavy (non-hydrogen) atoms. The summed E-state index contributed by atoms with van der Waals surface area (Å²) in [5, 5.41) is 3.01. The van der Waals surface area contributed by atoms with Crippen molar-refractivity contribution in [1.82, 2.24) is 16.2 Å². The number of thiocarbonyl (C=S) groups is 1. The van der Waals surface area contributed by atoms with Crippen LogP contribution in [0.1, 0.15) is 26.3 Å². The Morgan fingerprint density at radius 1 is 0.875 bits per heavy atom. The Kier molecular flexibility index (Phi) is 8.44. The minimum absolute atomic E-state index is 0.0726. The van der Waals surface area contributed by atoms with Crippen molar-refractivity contribution in [1.29, 1.82) is 0 Å². The van der Waals surface area contributed by atoms with Crippen molar-refractivity contribution in [2.75, 3.05) is 6.61 Å². The van der Waals surface area contributed by atoms with Crippen LogP contribution >= 0.6 is 35.4 Å². The Bertz CT molecular complexity index is 1110. The molecule has 0 atom stereocenters. The van der Waals surface area contributed by atoms with Gasteiger partial charge in [0.05, 0.1) is 17.2 Å². The molecule has 9 heteroatoms. The van der Waals surface area contributed by atoms with E-state index in [1.807, 2.05) is 30.3 Å². The number of hydrogen-bond donors (Lipinski definition) is 3. The first-order valence-corrected chi connectivity index (χ1v) is 10.7. The van der Waals surface area contributed by atoms with E-state index in [0.29, 0.717) is 22.9 Å². The lowest BCUT2D eigenvalue weighted by atomic mass is 10.2. The highest BCUT2D eigenvalue weighted by atomic mass is 35.5. The second-order valence-corrected chi connectivity index (χ2v) is 7.85. The molecule has 0 aliphatic rings. The third kappa shape index (κ3) is 6.95. The number of nitrogens with one attached hydrogen (secondary N) is 3. The molecule has 0 spiro atoms. The zero-order valence-electron chi connectivity index (χ0n) is 16.7. The van der Waals surface area contributed by atoms with Gasteiger partial charge < -0.3 is 4.74 Å². The number of carbonyl (C=O) groups excluding carboxylic acids is 2. The van der Waals surface area contributed by atoms with Crippen LogP contribution in [0.2, 0.25) is 10.0 Å². The molecule has 0 fully saturated rings. The molecule has 0 aromatic heterocycles. The molecular formula is C23H19Cl2N3O3S. The number of benzene rings is 3. The second kappa shape index (κ2) is 11.5. The highest BCUT2D eigenvalue weighted by molar-refractivity contribution is 7.80. The lowest BCUT2D eigenvalue weighted by Crippen LogP contribution is -2.48. The summed E-state index contributed by atoms with van der Waals surface area (Å²) in [5.74, 6) is -0.303. The third-order valence-electron chi connectivity index (χ3n) is 4.31. The summed E-state index contributed by atoms with van der Waals surface area (Å²) >= 11 is 16.9. The van der Waals surface area contributed by atoms with Gasteiger partial charge in [-0.2, -0.15) is 0 Å². The maximum atomic E-state index is 12.3. The third-order valence-corrected chi connectivity index (χ3v) is 5.06. The van der Waals surface area contributed by atoms with E-state index in [2.05, 4.69) is 16.2 Å². The predicted molar refractivity (Wildman–Crippen MR) is 129 cm³/mol. The topological polar surface area (TPSA) is 79.5 Å². The molecule has 2 amide bonds. The number of carbonyl (C=O) groups is 2. The number of hydrazine groups is 1. The number of halogens is 2. The maximum Gasteiger partial charge on any atom is 0.271 e. The molecule has 3 rings (SSSR count). The summed E-state index contributed by atoms with van der Waals surface area (Å²) in [4.78, 5) is 24.5. The predicted octanol–water partition coefficient (Wildman–Crippen LogP) is 4.56. The molecule has 0 saturated heterocycles. The molecule has 0 bridgehead atoms. The smallest absolute Gasteiger partial charge is 0.271 e.